The summed E-state index contributed by atoms with van der Waals surface area (Å²) < 4.78 is 5.33. The normalized spacial score (nSPS) is 16.7. The molecule has 0 saturated heterocycles. The first-order chi connectivity index (χ1) is 9.19. The van der Waals surface area contributed by atoms with E-state index in [1.807, 2.05) is 24.3 Å². The van der Waals surface area contributed by atoms with Crippen LogP contribution in [0.4, 0.5) is 0 Å². The van der Waals surface area contributed by atoms with E-state index < -0.39 is 0 Å². The fraction of sp³-hybridized carbons (Fsp3) is 0.333. The van der Waals surface area contributed by atoms with Gasteiger partial charge in [-0.3, -0.25) is 9.79 Å². The number of carbonyl (C=O) groups is 1. The van der Waals surface area contributed by atoms with E-state index in [-0.39, 0.29) is 5.78 Å². The van der Waals surface area contributed by atoms with E-state index in [9.17, 15) is 4.79 Å². The Hall–Kier alpha value is -2.10. The van der Waals surface area contributed by atoms with Crippen molar-refractivity contribution in [2.45, 2.75) is 19.3 Å². The second-order valence-electron chi connectivity index (χ2n) is 4.45. The van der Waals surface area contributed by atoms with Crippen LogP contribution in [-0.2, 0) is 4.79 Å². The topological polar surface area (TPSA) is 64.7 Å². The summed E-state index contributed by atoms with van der Waals surface area (Å²) in [4.78, 5) is 16.4. The Labute approximate surface area is 113 Å². The Kier molecular flexibility index (Phi) is 4.00. The molecule has 19 heavy (non-hydrogen) atoms. The number of aliphatic imine (C=N–C) groups is 1. The minimum Gasteiger partial charge on any atom is -0.496 e. The maximum atomic E-state index is 12.1. The van der Waals surface area contributed by atoms with Crippen LogP contribution in [0, 0.1) is 0 Å². The molecule has 2 N–H and O–H groups in total. The van der Waals surface area contributed by atoms with Gasteiger partial charge in [-0.25, -0.2) is 0 Å². The molecule has 1 aliphatic rings. The van der Waals surface area contributed by atoms with Crippen LogP contribution in [0.15, 0.2) is 40.5 Å². The molecular weight excluding hydrogens is 240 g/mol. The van der Waals surface area contributed by atoms with Crippen molar-refractivity contribution < 1.29 is 9.53 Å². The zero-order chi connectivity index (χ0) is 13.8. The monoisotopic (exact) mass is 258 g/mol. The molecule has 4 heteroatoms. The highest BCUT2D eigenvalue weighted by Crippen LogP contribution is 2.27. The number of carbonyl (C=O) groups excluding carboxylic acids is 1. The molecule has 0 saturated carbocycles. The number of para-hydroxylation sites is 1. The third kappa shape index (κ3) is 2.52. The second-order valence-corrected chi connectivity index (χ2v) is 4.45. The standard InChI is InChI=1S/C15H18N2O2/c1-17-15(10-6-3-4-9-13(10)19-2)14-11(16)7-5-8-12(14)18/h3-4,6,9H,5,7-8,16H2,1-2H3. The number of benzene rings is 1. The van der Waals surface area contributed by atoms with E-state index in [1.54, 1.807) is 14.2 Å². The van der Waals surface area contributed by atoms with Gasteiger partial charge in [0.25, 0.3) is 0 Å². The summed E-state index contributed by atoms with van der Waals surface area (Å²) in [6, 6.07) is 7.52. The minimum atomic E-state index is 0.0651. The lowest BCUT2D eigenvalue weighted by Crippen LogP contribution is -2.24. The van der Waals surface area contributed by atoms with Crippen LogP contribution < -0.4 is 10.5 Å². The van der Waals surface area contributed by atoms with Gasteiger partial charge in [0.05, 0.1) is 18.4 Å². The third-order valence-corrected chi connectivity index (χ3v) is 3.27. The molecule has 4 nitrogen and oxygen atoms in total. The maximum absolute atomic E-state index is 12.1. The highest BCUT2D eigenvalue weighted by atomic mass is 16.5. The molecule has 0 aliphatic heterocycles. The first-order valence-corrected chi connectivity index (χ1v) is 6.31. The van der Waals surface area contributed by atoms with Crippen molar-refractivity contribution in [2.75, 3.05) is 14.2 Å². The summed E-state index contributed by atoms with van der Waals surface area (Å²) in [7, 11) is 3.27. The van der Waals surface area contributed by atoms with E-state index in [1.165, 1.54) is 0 Å². The molecule has 2 rings (SSSR count). The van der Waals surface area contributed by atoms with E-state index in [0.717, 1.165) is 18.4 Å². The van der Waals surface area contributed by atoms with E-state index >= 15 is 0 Å². The molecule has 0 atom stereocenters. The van der Waals surface area contributed by atoms with Crippen LogP contribution in [-0.4, -0.2) is 25.7 Å². The zero-order valence-corrected chi connectivity index (χ0v) is 11.3. The van der Waals surface area contributed by atoms with Crippen LogP contribution in [0.5, 0.6) is 5.75 Å². The molecule has 0 heterocycles. The lowest BCUT2D eigenvalue weighted by molar-refractivity contribution is -0.115. The van der Waals surface area contributed by atoms with Crippen molar-refractivity contribution in [3.05, 3.63) is 41.1 Å². The van der Waals surface area contributed by atoms with Crippen LogP contribution in [0.2, 0.25) is 0 Å². The van der Waals surface area contributed by atoms with Crippen LogP contribution in [0.25, 0.3) is 0 Å². The second kappa shape index (κ2) is 5.69. The van der Waals surface area contributed by atoms with Gasteiger partial charge in [-0.1, -0.05) is 12.1 Å². The number of ketones is 1. The first-order valence-electron chi connectivity index (χ1n) is 6.31. The van der Waals surface area contributed by atoms with Crippen molar-refractivity contribution in [3.63, 3.8) is 0 Å². The van der Waals surface area contributed by atoms with Crippen LogP contribution >= 0.6 is 0 Å². The van der Waals surface area contributed by atoms with Gasteiger partial charge in [0, 0.05) is 24.7 Å². The average molecular weight is 258 g/mol. The maximum Gasteiger partial charge on any atom is 0.166 e. The van der Waals surface area contributed by atoms with Crippen LogP contribution in [0.3, 0.4) is 0 Å². The van der Waals surface area contributed by atoms with Gasteiger partial charge >= 0.3 is 0 Å². The van der Waals surface area contributed by atoms with Gasteiger partial charge in [-0.2, -0.15) is 0 Å². The number of rotatable bonds is 3. The van der Waals surface area contributed by atoms with Crippen molar-refractivity contribution in [1.82, 2.24) is 0 Å². The smallest absolute Gasteiger partial charge is 0.166 e. The predicted octanol–water partition coefficient (Wildman–Crippen LogP) is 2.08. The number of allylic oxidation sites excluding steroid dienone is 2. The minimum absolute atomic E-state index is 0.0651. The van der Waals surface area contributed by atoms with E-state index in [0.29, 0.717) is 29.2 Å². The summed E-state index contributed by atoms with van der Waals surface area (Å²) in [5.41, 5.74) is 8.62. The van der Waals surface area contributed by atoms with Gasteiger partial charge in [0.15, 0.2) is 5.78 Å². The highest BCUT2D eigenvalue weighted by molar-refractivity contribution is 6.30. The number of methoxy groups -OCH3 is 1. The van der Waals surface area contributed by atoms with E-state index in [4.69, 9.17) is 10.5 Å². The number of nitrogens with zero attached hydrogens (tertiary/aromatic N) is 1. The van der Waals surface area contributed by atoms with Crippen molar-refractivity contribution in [2.24, 2.45) is 10.7 Å². The summed E-state index contributed by atoms with van der Waals surface area (Å²) in [6.45, 7) is 0. The quantitative estimate of drug-likeness (QED) is 0.844. The molecule has 1 aliphatic carbocycles. The van der Waals surface area contributed by atoms with Crippen molar-refractivity contribution >= 4 is 11.5 Å². The summed E-state index contributed by atoms with van der Waals surface area (Å²) >= 11 is 0. The van der Waals surface area contributed by atoms with Crippen molar-refractivity contribution in [3.8, 4) is 5.75 Å². The number of Topliss-reactive ketones (excluding diaryl/α,β-unsaturated/α-hetero) is 1. The van der Waals surface area contributed by atoms with Crippen molar-refractivity contribution in [1.29, 1.82) is 0 Å². The average Bonchev–Trinajstić information content (AvgIpc) is 2.43. The molecule has 0 aromatic heterocycles. The molecule has 0 unspecified atom stereocenters. The SMILES string of the molecule is CN=C(C1=C(N)CCCC1=O)c1ccccc1OC. The number of ether oxygens (including phenoxy) is 1. The molecule has 0 spiro atoms. The molecule has 0 radical (unpaired) electrons. The molecule has 0 fully saturated rings. The number of hydrogen-bond acceptors (Lipinski definition) is 4. The Morgan fingerprint density at radius 3 is 2.68 bits per heavy atom. The fourth-order valence-electron chi connectivity index (χ4n) is 2.36. The largest absolute Gasteiger partial charge is 0.496 e. The predicted molar refractivity (Wildman–Crippen MR) is 75.5 cm³/mol. The fourth-order valence-corrected chi connectivity index (χ4v) is 2.36. The molecule has 0 bridgehead atoms. The van der Waals surface area contributed by atoms with E-state index in [2.05, 4.69) is 4.99 Å². The molecule has 1 aromatic carbocycles. The highest BCUT2D eigenvalue weighted by Gasteiger charge is 2.25. The third-order valence-electron chi connectivity index (χ3n) is 3.27. The zero-order valence-electron chi connectivity index (χ0n) is 11.3. The molecule has 0 amide bonds. The van der Waals surface area contributed by atoms with Gasteiger partial charge in [0.2, 0.25) is 0 Å². The Morgan fingerprint density at radius 1 is 1.32 bits per heavy atom. The number of nitrogens with two attached hydrogens (primary N) is 1. The molecule has 100 valence electrons. The lowest BCUT2D eigenvalue weighted by atomic mass is 9.88. The first kappa shape index (κ1) is 13.3. The van der Waals surface area contributed by atoms with Gasteiger partial charge in [-0.15, -0.1) is 0 Å². The number of hydrogen-bond donors (Lipinski definition) is 1. The molecular formula is C15H18N2O2. The van der Waals surface area contributed by atoms with Crippen LogP contribution in [0.1, 0.15) is 24.8 Å². The molecule has 1 aromatic rings. The lowest BCUT2D eigenvalue weighted by Gasteiger charge is -2.19. The summed E-state index contributed by atoms with van der Waals surface area (Å²) in [5.74, 6) is 0.761. The summed E-state index contributed by atoms with van der Waals surface area (Å²) in [5, 5.41) is 0. The van der Waals surface area contributed by atoms with Gasteiger partial charge in [0.1, 0.15) is 5.75 Å². The summed E-state index contributed by atoms with van der Waals surface area (Å²) in [6.07, 6.45) is 2.09. The Morgan fingerprint density at radius 2 is 2.05 bits per heavy atom. The Balaban J connectivity index is 2.55. The Bertz CT molecular complexity index is 559. The van der Waals surface area contributed by atoms with Gasteiger partial charge in [-0.05, 0) is 25.0 Å². The van der Waals surface area contributed by atoms with Gasteiger partial charge < -0.3 is 10.5 Å².